The number of hydrogen-bond donors (Lipinski definition) is 1. The van der Waals surface area contributed by atoms with Crippen LogP contribution >= 0.6 is 0 Å². The van der Waals surface area contributed by atoms with Gasteiger partial charge in [0, 0.05) is 26.3 Å². The van der Waals surface area contributed by atoms with Crippen molar-refractivity contribution in [1.29, 1.82) is 0 Å². The highest BCUT2D eigenvalue weighted by Crippen LogP contribution is 2.28. The number of hydrogen-bond acceptors (Lipinski definition) is 4. The first kappa shape index (κ1) is 18.5. The average molecular weight is 326 g/mol. The summed E-state index contributed by atoms with van der Waals surface area (Å²) in [6, 6.07) is 0. The van der Waals surface area contributed by atoms with E-state index in [1.54, 1.807) is 0 Å². The maximum Gasteiger partial charge on any atom is 0.410 e. The van der Waals surface area contributed by atoms with E-state index < -0.39 is 5.60 Å². The molecule has 0 radical (unpaired) electrons. The number of amides is 1. The van der Waals surface area contributed by atoms with Gasteiger partial charge in [0.15, 0.2) is 0 Å². The van der Waals surface area contributed by atoms with Crippen molar-refractivity contribution in [2.75, 3.05) is 39.4 Å². The third-order valence-electron chi connectivity index (χ3n) is 4.39. The Morgan fingerprint density at radius 1 is 1.13 bits per heavy atom. The van der Waals surface area contributed by atoms with Gasteiger partial charge in [0.1, 0.15) is 5.60 Å². The van der Waals surface area contributed by atoms with Gasteiger partial charge in [0.25, 0.3) is 0 Å². The van der Waals surface area contributed by atoms with Gasteiger partial charge in [-0.15, -0.1) is 0 Å². The molecule has 2 aliphatic rings. The van der Waals surface area contributed by atoms with E-state index in [1.165, 1.54) is 12.8 Å². The third kappa shape index (κ3) is 8.02. The first-order chi connectivity index (χ1) is 10.9. The van der Waals surface area contributed by atoms with E-state index in [0.29, 0.717) is 5.92 Å². The van der Waals surface area contributed by atoms with Crippen molar-refractivity contribution < 1.29 is 14.3 Å². The molecule has 0 atom stereocenters. The van der Waals surface area contributed by atoms with Crippen molar-refractivity contribution in [1.82, 2.24) is 10.2 Å². The number of piperidine rings is 1. The number of carbonyl (C=O) groups is 1. The number of nitrogens with zero attached hydrogens (tertiary/aromatic N) is 1. The number of likely N-dealkylation sites (tertiary alicyclic amines) is 1. The Morgan fingerprint density at radius 2 is 1.83 bits per heavy atom. The molecule has 0 unspecified atom stereocenters. The predicted octanol–water partition coefficient (Wildman–Crippen LogP) is 3.04. The van der Waals surface area contributed by atoms with E-state index in [2.05, 4.69) is 5.32 Å². The minimum Gasteiger partial charge on any atom is -0.444 e. The molecule has 5 nitrogen and oxygen atoms in total. The Hall–Kier alpha value is -0.810. The summed E-state index contributed by atoms with van der Waals surface area (Å²) in [5.41, 5.74) is -0.406. The van der Waals surface area contributed by atoms with Gasteiger partial charge < -0.3 is 19.7 Å². The van der Waals surface area contributed by atoms with Crippen molar-refractivity contribution in [3.8, 4) is 0 Å². The molecule has 134 valence electrons. The van der Waals surface area contributed by atoms with Crippen molar-refractivity contribution in [3.63, 3.8) is 0 Å². The van der Waals surface area contributed by atoms with Crippen LogP contribution in [0.5, 0.6) is 0 Å². The maximum atomic E-state index is 12.0. The molecule has 1 saturated heterocycles. The zero-order chi connectivity index (χ0) is 16.7. The Morgan fingerprint density at radius 3 is 2.43 bits per heavy atom. The summed E-state index contributed by atoms with van der Waals surface area (Å²) in [7, 11) is 0. The lowest BCUT2D eigenvalue weighted by molar-refractivity contribution is 0.0184. The summed E-state index contributed by atoms with van der Waals surface area (Å²) in [5, 5.41) is 3.53. The normalized spacial score (nSPS) is 19.9. The highest BCUT2D eigenvalue weighted by atomic mass is 16.6. The molecule has 23 heavy (non-hydrogen) atoms. The molecular weight excluding hydrogens is 292 g/mol. The highest BCUT2D eigenvalue weighted by Gasteiger charge is 2.26. The van der Waals surface area contributed by atoms with Crippen LogP contribution in [0.2, 0.25) is 0 Å². The van der Waals surface area contributed by atoms with Crippen LogP contribution in [0.25, 0.3) is 0 Å². The van der Waals surface area contributed by atoms with E-state index >= 15 is 0 Å². The van der Waals surface area contributed by atoms with E-state index in [9.17, 15) is 4.79 Å². The van der Waals surface area contributed by atoms with Gasteiger partial charge in [-0.25, -0.2) is 4.79 Å². The molecule has 0 aromatic rings. The molecule has 0 aromatic carbocycles. The molecule has 0 aromatic heterocycles. The summed E-state index contributed by atoms with van der Waals surface area (Å²) in [6.07, 6.45) is 5.76. The minimum absolute atomic E-state index is 0.170. The summed E-state index contributed by atoms with van der Waals surface area (Å²) >= 11 is 0. The Bertz CT molecular complexity index is 356. The fourth-order valence-electron chi connectivity index (χ4n) is 2.79. The number of nitrogens with one attached hydrogen (secondary N) is 1. The molecule has 2 rings (SSSR count). The Labute approximate surface area is 141 Å². The zero-order valence-corrected chi connectivity index (χ0v) is 15.1. The lowest BCUT2D eigenvalue weighted by atomic mass is 9.97. The maximum absolute atomic E-state index is 12.0. The molecule has 1 aliphatic carbocycles. The molecule has 1 amide bonds. The van der Waals surface area contributed by atoms with Crippen LogP contribution in [-0.2, 0) is 9.47 Å². The van der Waals surface area contributed by atoms with E-state index in [4.69, 9.17) is 9.47 Å². The summed E-state index contributed by atoms with van der Waals surface area (Å²) in [6.45, 7) is 11.3. The monoisotopic (exact) mass is 326 g/mol. The van der Waals surface area contributed by atoms with Crippen LogP contribution in [-0.4, -0.2) is 56.0 Å². The number of ether oxygens (including phenoxy) is 2. The minimum atomic E-state index is -0.406. The van der Waals surface area contributed by atoms with E-state index in [-0.39, 0.29) is 6.09 Å². The SMILES string of the molecule is CC(C)(C)OC(=O)N1CCC(CNCCCOCC2CC2)CC1. The second-order valence-electron chi connectivity index (χ2n) is 7.99. The van der Waals surface area contributed by atoms with Gasteiger partial charge in [-0.1, -0.05) is 0 Å². The van der Waals surface area contributed by atoms with Crippen molar-refractivity contribution in [3.05, 3.63) is 0 Å². The third-order valence-corrected chi connectivity index (χ3v) is 4.39. The van der Waals surface area contributed by atoms with Gasteiger partial charge in [-0.2, -0.15) is 0 Å². The van der Waals surface area contributed by atoms with Crippen molar-refractivity contribution in [2.24, 2.45) is 11.8 Å². The van der Waals surface area contributed by atoms with E-state index in [1.807, 2.05) is 25.7 Å². The van der Waals surface area contributed by atoms with Crippen LogP contribution in [0, 0.1) is 11.8 Å². The van der Waals surface area contributed by atoms with Gasteiger partial charge in [-0.3, -0.25) is 0 Å². The molecule has 0 bridgehead atoms. The number of carbonyl (C=O) groups excluding carboxylic acids is 1. The molecule has 1 heterocycles. The smallest absolute Gasteiger partial charge is 0.410 e. The van der Waals surface area contributed by atoms with E-state index in [0.717, 1.165) is 64.6 Å². The average Bonchev–Trinajstić information content (AvgIpc) is 3.29. The lowest BCUT2D eigenvalue weighted by Crippen LogP contribution is -2.43. The van der Waals surface area contributed by atoms with Crippen LogP contribution in [0.1, 0.15) is 52.9 Å². The Kier molecular flexibility index (Phi) is 7.15. The zero-order valence-electron chi connectivity index (χ0n) is 15.1. The van der Waals surface area contributed by atoms with Crippen LogP contribution in [0.15, 0.2) is 0 Å². The van der Waals surface area contributed by atoms with Gasteiger partial charge in [0.05, 0.1) is 0 Å². The highest BCUT2D eigenvalue weighted by molar-refractivity contribution is 5.68. The first-order valence-electron chi connectivity index (χ1n) is 9.20. The summed E-state index contributed by atoms with van der Waals surface area (Å²) in [4.78, 5) is 13.8. The molecule has 5 heteroatoms. The first-order valence-corrected chi connectivity index (χ1v) is 9.20. The van der Waals surface area contributed by atoms with Gasteiger partial charge in [-0.05, 0) is 77.8 Å². The molecule has 0 spiro atoms. The molecule has 1 N–H and O–H groups in total. The molecule has 1 saturated carbocycles. The lowest BCUT2D eigenvalue weighted by Gasteiger charge is -2.33. The van der Waals surface area contributed by atoms with Crippen LogP contribution in [0.3, 0.4) is 0 Å². The molecular formula is C18H34N2O3. The Balaban J connectivity index is 1.46. The number of rotatable bonds is 8. The largest absolute Gasteiger partial charge is 0.444 e. The van der Waals surface area contributed by atoms with Crippen LogP contribution in [0.4, 0.5) is 4.79 Å². The van der Waals surface area contributed by atoms with Crippen molar-refractivity contribution in [2.45, 2.75) is 58.5 Å². The fourth-order valence-corrected chi connectivity index (χ4v) is 2.79. The standard InChI is InChI=1S/C18H34N2O3/c1-18(2,3)23-17(21)20-10-7-15(8-11-20)13-19-9-4-12-22-14-16-5-6-16/h15-16,19H,4-14H2,1-3H3. The summed E-state index contributed by atoms with van der Waals surface area (Å²) < 4.78 is 11.1. The summed E-state index contributed by atoms with van der Waals surface area (Å²) in [5.74, 6) is 1.53. The second kappa shape index (κ2) is 8.88. The quantitative estimate of drug-likeness (QED) is 0.697. The van der Waals surface area contributed by atoms with Crippen molar-refractivity contribution >= 4 is 6.09 Å². The molecule has 1 aliphatic heterocycles. The van der Waals surface area contributed by atoms with Gasteiger partial charge >= 0.3 is 6.09 Å². The second-order valence-corrected chi connectivity index (χ2v) is 7.99. The van der Waals surface area contributed by atoms with Gasteiger partial charge in [0.2, 0.25) is 0 Å². The predicted molar refractivity (Wildman–Crippen MR) is 91.6 cm³/mol. The molecule has 2 fully saturated rings. The topological polar surface area (TPSA) is 50.8 Å². The fraction of sp³-hybridized carbons (Fsp3) is 0.944. The van der Waals surface area contributed by atoms with Crippen LogP contribution < -0.4 is 5.32 Å².